The van der Waals surface area contributed by atoms with Gasteiger partial charge in [0.1, 0.15) is 17.7 Å². The fraction of sp³-hybridized carbons (Fsp3) is 0.0769. The molecule has 0 aliphatic carbocycles. The topological polar surface area (TPSA) is 20.2 Å². The van der Waals surface area contributed by atoms with Crippen molar-refractivity contribution in [2.24, 2.45) is 0 Å². The molecule has 1 nitrogen and oxygen atoms in total. The van der Waals surface area contributed by atoms with Crippen LogP contribution in [0.15, 0.2) is 48.5 Å². The Labute approximate surface area is 92.0 Å². The van der Waals surface area contributed by atoms with Crippen molar-refractivity contribution in [3.05, 3.63) is 71.3 Å². The van der Waals surface area contributed by atoms with Crippen molar-refractivity contribution in [2.75, 3.05) is 0 Å². The molecule has 0 bridgehead atoms. The first-order valence-electron chi connectivity index (χ1n) is 4.86. The lowest BCUT2D eigenvalue weighted by molar-refractivity contribution is 0.214. The van der Waals surface area contributed by atoms with Crippen molar-refractivity contribution in [1.29, 1.82) is 0 Å². The van der Waals surface area contributed by atoms with Crippen LogP contribution in [0.3, 0.4) is 0 Å². The summed E-state index contributed by atoms with van der Waals surface area (Å²) in [6, 6.07) is 11.4. The second-order valence-corrected chi connectivity index (χ2v) is 3.48. The van der Waals surface area contributed by atoms with Crippen LogP contribution in [0.2, 0.25) is 0 Å². The van der Waals surface area contributed by atoms with Crippen LogP contribution in [-0.4, -0.2) is 5.11 Å². The van der Waals surface area contributed by atoms with E-state index >= 15 is 0 Å². The molecule has 0 amide bonds. The summed E-state index contributed by atoms with van der Waals surface area (Å²) in [5.41, 5.74) is 0.484. The van der Waals surface area contributed by atoms with Gasteiger partial charge in [-0.1, -0.05) is 30.3 Å². The molecule has 0 heterocycles. The van der Waals surface area contributed by atoms with Gasteiger partial charge < -0.3 is 5.11 Å². The molecule has 1 atom stereocenters. The number of aliphatic hydroxyl groups is 1. The third-order valence-electron chi connectivity index (χ3n) is 2.36. The first-order valence-corrected chi connectivity index (χ1v) is 4.86. The van der Waals surface area contributed by atoms with E-state index in [4.69, 9.17) is 0 Å². The zero-order valence-corrected chi connectivity index (χ0v) is 8.40. The Hall–Kier alpha value is -1.74. The third kappa shape index (κ3) is 2.09. The quantitative estimate of drug-likeness (QED) is 0.824. The number of rotatable bonds is 2. The Balaban J connectivity index is 2.39. The van der Waals surface area contributed by atoms with E-state index < -0.39 is 17.7 Å². The van der Waals surface area contributed by atoms with Crippen LogP contribution in [0, 0.1) is 11.6 Å². The predicted molar refractivity (Wildman–Crippen MR) is 56.9 cm³/mol. The van der Waals surface area contributed by atoms with Gasteiger partial charge in [-0.25, -0.2) is 8.78 Å². The van der Waals surface area contributed by atoms with Gasteiger partial charge in [-0.05, 0) is 23.8 Å². The highest BCUT2D eigenvalue weighted by Gasteiger charge is 2.14. The Morgan fingerprint density at radius 1 is 0.938 bits per heavy atom. The van der Waals surface area contributed by atoms with Gasteiger partial charge in [-0.3, -0.25) is 0 Å². The van der Waals surface area contributed by atoms with Gasteiger partial charge in [-0.2, -0.15) is 0 Å². The van der Waals surface area contributed by atoms with Gasteiger partial charge in [0, 0.05) is 5.56 Å². The molecule has 0 saturated heterocycles. The normalized spacial score (nSPS) is 12.4. The lowest BCUT2D eigenvalue weighted by Crippen LogP contribution is -2.02. The highest BCUT2D eigenvalue weighted by Crippen LogP contribution is 2.24. The van der Waals surface area contributed by atoms with Crippen LogP contribution in [0.25, 0.3) is 0 Å². The Morgan fingerprint density at radius 2 is 1.69 bits per heavy atom. The van der Waals surface area contributed by atoms with E-state index in [9.17, 15) is 13.9 Å². The van der Waals surface area contributed by atoms with Crippen LogP contribution >= 0.6 is 0 Å². The fourth-order valence-electron chi connectivity index (χ4n) is 1.55. The van der Waals surface area contributed by atoms with Crippen LogP contribution in [-0.2, 0) is 0 Å². The molecule has 82 valence electrons. The molecule has 2 aromatic rings. The first-order chi connectivity index (χ1) is 7.68. The molecule has 1 N–H and O–H groups in total. The van der Waals surface area contributed by atoms with Crippen molar-refractivity contribution < 1.29 is 13.9 Å². The van der Waals surface area contributed by atoms with E-state index in [0.29, 0.717) is 5.56 Å². The molecule has 16 heavy (non-hydrogen) atoms. The maximum Gasteiger partial charge on any atom is 0.129 e. The van der Waals surface area contributed by atoms with Crippen LogP contribution in [0.1, 0.15) is 17.2 Å². The molecular weight excluding hydrogens is 210 g/mol. The molecule has 2 aromatic carbocycles. The summed E-state index contributed by atoms with van der Waals surface area (Å²) in [4.78, 5) is 0. The number of aliphatic hydroxyl groups excluding tert-OH is 1. The minimum absolute atomic E-state index is 0.146. The highest BCUT2D eigenvalue weighted by molar-refractivity contribution is 5.30. The molecule has 2 rings (SSSR count). The summed E-state index contributed by atoms with van der Waals surface area (Å²) in [6.45, 7) is 0. The monoisotopic (exact) mass is 220 g/mol. The first kappa shape index (κ1) is 10.8. The van der Waals surface area contributed by atoms with Gasteiger partial charge in [0.25, 0.3) is 0 Å². The Bertz CT molecular complexity index is 497. The average molecular weight is 220 g/mol. The Morgan fingerprint density at radius 3 is 2.38 bits per heavy atom. The number of benzene rings is 2. The molecule has 0 aromatic heterocycles. The minimum Gasteiger partial charge on any atom is -0.384 e. The van der Waals surface area contributed by atoms with Crippen molar-refractivity contribution >= 4 is 0 Å². The molecule has 0 spiro atoms. The number of halogens is 2. The lowest BCUT2D eigenvalue weighted by atomic mass is 10.0. The highest BCUT2D eigenvalue weighted by atomic mass is 19.1. The summed E-state index contributed by atoms with van der Waals surface area (Å²) in [5.74, 6) is -0.952. The summed E-state index contributed by atoms with van der Waals surface area (Å²) in [5, 5.41) is 9.89. The van der Waals surface area contributed by atoms with E-state index in [0.717, 1.165) is 0 Å². The minimum atomic E-state index is -1.14. The summed E-state index contributed by atoms with van der Waals surface area (Å²) in [7, 11) is 0. The van der Waals surface area contributed by atoms with Gasteiger partial charge in [0.2, 0.25) is 0 Å². The molecule has 0 saturated carbocycles. The van der Waals surface area contributed by atoms with E-state index in [2.05, 4.69) is 0 Å². The fourth-order valence-corrected chi connectivity index (χ4v) is 1.55. The van der Waals surface area contributed by atoms with Crippen molar-refractivity contribution in [2.45, 2.75) is 6.10 Å². The maximum absolute atomic E-state index is 13.4. The molecule has 1 unspecified atom stereocenters. The van der Waals surface area contributed by atoms with Crippen LogP contribution in [0.4, 0.5) is 8.78 Å². The van der Waals surface area contributed by atoms with Gasteiger partial charge in [0.05, 0.1) is 0 Å². The van der Waals surface area contributed by atoms with Crippen molar-refractivity contribution in [3.63, 3.8) is 0 Å². The molecule has 0 fully saturated rings. The Kier molecular flexibility index (Phi) is 2.97. The standard InChI is InChI=1S/C13H10F2O/c14-10-5-3-4-9(8-10)13(16)11-6-1-2-7-12(11)15/h1-8,13,16H. The van der Waals surface area contributed by atoms with E-state index in [1.54, 1.807) is 12.1 Å². The zero-order chi connectivity index (χ0) is 11.5. The predicted octanol–water partition coefficient (Wildman–Crippen LogP) is 3.05. The van der Waals surface area contributed by atoms with E-state index in [-0.39, 0.29) is 5.56 Å². The number of hydrogen-bond donors (Lipinski definition) is 1. The second-order valence-electron chi connectivity index (χ2n) is 3.48. The third-order valence-corrected chi connectivity index (χ3v) is 2.36. The molecular formula is C13H10F2O. The van der Waals surface area contributed by atoms with Crippen LogP contribution < -0.4 is 0 Å². The van der Waals surface area contributed by atoms with Crippen molar-refractivity contribution in [1.82, 2.24) is 0 Å². The van der Waals surface area contributed by atoms with Crippen LogP contribution in [0.5, 0.6) is 0 Å². The summed E-state index contributed by atoms with van der Waals surface area (Å²) >= 11 is 0. The smallest absolute Gasteiger partial charge is 0.129 e. The summed E-state index contributed by atoms with van der Waals surface area (Å²) < 4.78 is 26.3. The SMILES string of the molecule is OC(c1cccc(F)c1)c1ccccc1F. The molecule has 0 radical (unpaired) electrons. The molecule has 3 heteroatoms. The lowest BCUT2D eigenvalue weighted by Gasteiger charge is -2.12. The largest absolute Gasteiger partial charge is 0.384 e. The summed E-state index contributed by atoms with van der Waals surface area (Å²) in [6.07, 6.45) is -1.14. The van der Waals surface area contributed by atoms with E-state index in [1.165, 1.54) is 36.4 Å². The van der Waals surface area contributed by atoms with Gasteiger partial charge >= 0.3 is 0 Å². The van der Waals surface area contributed by atoms with Gasteiger partial charge in [-0.15, -0.1) is 0 Å². The van der Waals surface area contributed by atoms with E-state index in [1.807, 2.05) is 0 Å². The second kappa shape index (κ2) is 4.41. The average Bonchev–Trinajstić information content (AvgIpc) is 2.29. The van der Waals surface area contributed by atoms with Crippen molar-refractivity contribution in [3.8, 4) is 0 Å². The molecule has 0 aliphatic heterocycles. The molecule has 0 aliphatic rings. The number of hydrogen-bond acceptors (Lipinski definition) is 1. The van der Waals surface area contributed by atoms with Gasteiger partial charge in [0.15, 0.2) is 0 Å². The zero-order valence-electron chi connectivity index (χ0n) is 8.40. The maximum atomic E-state index is 13.4.